The molecule has 3 aromatic rings. The minimum atomic E-state index is 0.0173. The van der Waals surface area contributed by atoms with Crippen LogP contribution in [-0.2, 0) is 0 Å². The van der Waals surface area contributed by atoms with Crippen LogP contribution in [0.25, 0.3) is 11.2 Å². The fraction of sp³-hybridized carbons (Fsp3) is 0.154. The largest absolute Gasteiger partial charge is 0.341 e. The number of imidazole rings is 1. The number of nitrogens with one attached hydrogen (secondary N) is 1. The van der Waals surface area contributed by atoms with Gasteiger partial charge in [0, 0.05) is 15.4 Å². The second-order valence-electron chi connectivity index (χ2n) is 4.36. The second kappa shape index (κ2) is 5.51. The molecule has 0 aliphatic rings. The Hall–Kier alpha value is -1.44. The van der Waals surface area contributed by atoms with Crippen molar-refractivity contribution in [2.24, 2.45) is 5.73 Å². The van der Waals surface area contributed by atoms with E-state index in [2.05, 4.69) is 35.9 Å². The normalized spacial score (nSPS) is 12.8. The number of nitrogens with zero attached hydrogens (tertiary/aromatic N) is 3. The molecular formula is C13H12BrN5S. The van der Waals surface area contributed by atoms with Gasteiger partial charge in [0.05, 0.1) is 6.33 Å². The van der Waals surface area contributed by atoms with Crippen LogP contribution in [-0.4, -0.2) is 19.9 Å². The van der Waals surface area contributed by atoms with Gasteiger partial charge in [-0.05, 0) is 40.5 Å². The third kappa shape index (κ3) is 2.56. The van der Waals surface area contributed by atoms with Gasteiger partial charge in [-0.25, -0.2) is 15.0 Å². The van der Waals surface area contributed by atoms with Crippen LogP contribution in [0.5, 0.6) is 0 Å². The molecule has 1 unspecified atom stereocenters. The summed E-state index contributed by atoms with van der Waals surface area (Å²) < 4.78 is 1.00. The number of hydrogen-bond acceptors (Lipinski definition) is 5. The lowest BCUT2D eigenvalue weighted by molar-refractivity contribution is 0.815. The van der Waals surface area contributed by atoms with E-state index in [9.17, 15) is 0 Å². The van der Waals surface area contributed by atoms with Crippen LogP contribution in [0.1, 0.15) is 18.5 Å². The van der Waals surface area contributed by atoms with Gasteiger partial charge in [0.25, 0.3) is 0 Å². The number of fused-ring (bicyclic) bond motifs is 1. The van der Waals surface area contributed by atoms with Crippen molar-refractivity contribution in [3.05, 3.63) is 40.9 Å². The van der Waals surface area contributed by atoms with Gasteiger partial charge in [0.1, 0.15) is 16.9 Å². The van der Waals surface area contributed by atoms with E-state index in [0.717, 1.165) is 25.5 Å². The van der Waals surface area contributed by atoms with Gasteiger partial charge in [0.15, 0.2) is 5.65 Å². The van der Waals surface area contributed by atoms with Crippen LogP contribution in [0.4, 0.5) is 0 Å². The molecule has 0 aliphatic heterocycles. The highest BCUT2D eigenvalue weighted by molar-refractivity contribution is 9.10. The molecule has 0 saturated heterocycles. The summed E-state index contributed by atoms with van der Waals surface area (Å²) in [6.07, 6.45) is 3.15. The zero-order chi connectivity index (χ0) is 14.1. The third-order valence-electron chi connectivity index (χ3n) is 2.88. The number of H-pyrrole nitrogens is 1. The number of rotatable bonds is 3. The quantitative estimate of drug-likeness (QED) is 0.709. The molecule has 1 atom stereocenters. The van der Waals surface area contributed by atoms with E-state index in [4.69, 9.17) is 5.73 Å². The summed E-state index contributed by atoms with van der Waals surface area (Å²) in [4.78, 5) is 16.7. The minimum absolute atomic E-state index is 0.0173. The molecular weight excluding hydrogens is 338 g/mol. The fourth-order valence-corrected chi connectivity index (χ4v) is 3.30. The van der Waals surface area contributed by atoms with Crippen LogP contribution in [0.2, 0.25) is 0 Å². The summed E-state index contributed by atoms with van der Waals surface area (Å²) in [5, 5.41) is 0.849. The highest BCUT2D eigenvalue weighted by atomic mass is 79.9. The number of benzene rings is 1. The first-order chi connectivity index (χ1) is 9.65. The molecule has 2 aromatic heterocycles. The number of nitrogens with two attached hydrogens (primary N) is 1. The lowest BCUT2D eigenvalue weighted by atomic mass is 10.1. The van der Waals surface area contributed by atoms with Crippen LogP contribution < -0.4 is 5.73 Å². The maximum Gasteiger partial charge on any atom is 0.181 e. The molecule has 1 aromatic carbocycles. The van der Waals surface area contributed by atoms with Gasteiger partial charge in [-0.3, -0.25) is 0 Å². The monoisotopic (exact) mass is 349 g/mol. The van der Waals surface area contributed by atoms with Crippen molar-refractivity contribution in [1.82, 2.24) is 19.9 Å². The van der Waals surface area contributed by atoms with Gasteiger partial charge in [-0.1, -0.05) is 17.8 Å². The first kappa shape index (κ1) is 13.5. The van der Waals surface area contributed by atoms with E-state index in [1.807, 2.05) is 25.1 Å². The van der Waals surface area contributed by atoms with Crippen LogP contribution in [0, 0.1) is 0 Å². The molecule has 0 fully saturated rings. The van der Waals surface area contributed by atoms with Crippen molar-refractivity contribution < 1.29 is 0 Å². The van der Waals surface area contributed by atoms with Crippen LogP contribution in [0.3, 0.4) is 0 Å². The van der Waals surface area contributed by atoms with Crippen molar-refractivity contribution in [3.8, 4) is 0 Å². The molecule has 0 amide bonds. The molecule has 3 N–H and O–H groups in total. The lowest BCUT2D eigenvalue weighted by Gasteiger charge is -2.09. The maximum atomic E-state index is 5.88. The Balaban J connectivity index is 1.97. The maximum absolute atomic E-state index is 5.88. The Labute approximate surface area is 128 Å². The minimum Gasteiger partial charge on any atom is -0.341 e. The molecule has 20 heavy (non-hydrogen) atoms. The zero-order valence-corrected chi connectivity index (χ0v) is 13.1. The molecule has 0 aliphatic carbocycles. The Morgan fingerprint density at radius 3 is 2.90 bits per heavy atom. The van der Waals surface area contributed by atoms with Crippen molar-refractivity contribution in [3.63, 3.8) is 0 Å². The van der Waals surface area contributed by atoms with Gasteiger partial charge >= 0.3 is 0 Å². The van der Waals surface area contributed by atoms with Crippen molar-refractivity contribution in [2.75, 3.05) is 0 Å². The lowest BCUT2D eigenvalue weighted by Crippen LogP contribution is -2.04. The average molecular weight is 350 g/mol. The van der Waals surface area contributed by atoms with Crippen LogP contribution in [0.15, 0.2) is 45.2 Å². The molecule has 3 rings (SSSR count). The SMILES string of the molecule is CC(N)c1ccc(Sc2ncnc3nc[nH]c23)c(Br)c1. The van der Waals surface area contributed by atoms with Crippen LogP contribution >= 0.6 is 27.7 Å². The predicted octanol–water partition coefficient (Wildman–Crippen LogP) is 3.29. The highest BCUT2D eigenvalue weighted by Crippen LogP contribution is 2.35. The molecule has 7 heteroatoms. The van der Waals surface area contributed by atoms with Crippen molar-refractivity contribution >= 4 is 38.9 Å². The summed E-state index contributed by atoms with van der Waals surface area (Å²) in [5.41, 5.74) is 8.50. The second-order valence-corrected chi connectivity index (χ2v) is 6.25. The molecule has 0 spiro atoms. The van der Waals surface area contributed by atoms with Gasteiger partial charge in [-0.2, -0.15) is 0 Å². The summed E-state index contributed by atoms with van der Waals surface area (Å²) in [5.74, 6) is 0. The summed E-state index contributed by atoms with van der Waals surface area (Å²) in [7, 11) is 0. The van der Waals surface area contributed by atoms with Gasteiger partial charge in [0.2, 0.25) is 0 Å². The Morgan fingerprint density at radius 2 is 2.15 bits per heavy atom. The van der Waals surface area contributed by atoms with E-state index in [1.165, 1.54) is 6.33 Å². The molecule has 5 nitrogen and oxygen atoms in total. The van der Waals surface area contributed by atoms with E-state index >= 15 is 0 Å². The molecule has 0 saturated carbocycles. The van der Waals surface area contributed by atoms with E-state index < -0.39 is 0 Å². The first-order valence-corrected chi connectivity index (χ1v) is 7.63. The average Bonchev–Trinajstić information content (AvgIpc) is 2.90. The van der Waals surface area contributed by atoms with Crippen molar-refractivity contribution in [2.45, 2.75) is 22.9 Å². The van der Waals surface area contributed by atoms with Gasteiger partial charge < -0.3 is 10.7 Å². The highest BCUT2D eigenvalue weighted by Gasteiger charge is 2.11. The standard InChI is InChI=1S/C13H12BrN5S/c1-7(15)8-2-3-10(9(14)4-8)20-13-11-12(17-5-16-11)18-6-19-13/h2-7H,15H2,1H3,(H,16,17,18,19). The van der Waals surface area contributed by atoms with E-state index in [0.29, 0.717) is 5.65 Å². The topological polar surface area (TPSA) is 80.5 Å². The smallest absolute Gasteiger partial charge is 0.181 e. The summed E-state index contributed by atoms with van der Waals surface area (Å²) >= 11 is 5.14. The Bertz CT molecular complexity index is 755. The van der Waals surface area contributed by atoms with Crippen molar-refractivity contribution in [1.29, 1.82) is 0 Å². The van der Waals surface area contributed by atoms with E-state index in [1.54, 1.807) is 18.1 Å². The predicted molar refractivity (Wildman–Crippen MR) is 82.6 cm³/mol. The van der Waals surface area contributed by atoms with E-state index in [-0.39, 0.29) is 6.04 Å². The zero-order valence-electron chi connectivity index (χ0n) is 10.7. The molecule has 0 radical (unpaired) electrons. The Morgan fingerprint density at radius 1 is 1.30 bits per heavy atom. The number of hydrogen-bond donors (Lipinski definition) is 2. The molecule has 0 bridgehead atoms. The third-order valence-corrected chi connectivity index (χ3v) is 4.87. The van der Waals surface area contributed by atoms with Gasteiger partial charge in [-0.15, -0.1) is 0 Å². The molecule has 102 valence electrons. The number of aromatic nitrogens is 4. The first-order valence-electron chi connectivity index (χ1n) is 6.02. The Kier molecular flexibility index (Phi) is 3.73. The number of halogens is 1. The summed E-state index contributed by atoms with van der Waals surface area (Å²) in [6, 6.07) is 6.13. The molecule has 2 heterocycles. The fourth-order valence-electron chi connectivity index (χ4n) is 1.81. The summed E-state index contributed by atoms with van der Waals surface area (Å²) in [6.45, 7) is 1.97. The number of aromatic amines is 1.